The zero-order chi connectivity index (χ0) is 12.3. The third-order valence-electron chi connectivity index (χ3n) is 3.67. The summed E-state index contributed by atoms with van der Waals surface area (Å²) in [4.78, 5) is 2.41. The van der Waals surface area contributed by atoms with Gasteiger partial charge in [0, 0.05) is 12.1 Å². The number of nitrogens with two attached hydrogens (primary N) is 1. The molecule has 0 amide bonds. The molecule has 0 aromatic heterocycles. The van der Waals surface area contributed by atoms with E-state index in [2.05, 4.69) is 11.8 Å². The minimum Gasteiger partial charge on any atom is -0.328 e. The largest absolute Gasteiger partial charge is 0.328 e. The van der Waals surface area contributed by atoms with Crippen molar-refractivity contribution in [1.29, 1.82) is 0 Å². The summed E-state index contributed by atoms with van der Waals surface area (Å²) in [5.74, 6) is -0.0898. The zero-order valence-corrected chi connectivity index (χ0v) is 10.4. The second-order valence-corrected chi connectivity index (χ2v) is 5.02. The first-order valence-corrected chi connectivity index (χ1v) is 6.40. The highest BCUT2D eigenvalue weighted by molar-refractivity contribution is 5.18. The molecular formula is C14H21FN2. The molecule has 0 aliphatic carbocycles. The fourth-order valence-electron chi connectivity index (χ4n) is 2.47. The van der Waals surface area contributed by atoms with Gasteiger partial charge in [-0.1, -0.05) is 18.2 Å². The molecule has 0 bridgehead atoms. The lowest BCUT2D eigenvalue weighted by molar-refractivity contribution is 0.161. The number of likely N-dealkylation sites (tertiary alicyclic amines) is 1. The van der Waals surface area contributed by atoms with Crippen molar-refractivity contribution in [2.45, 2.75) is 38.3 Å². The first-order valence-electron chi connectivity index (χ1n) is 6.40. The van der Waals surface area contributed by atoms with E-state index in [1.54, 1.807) is 6.07 Å². The summed E-state index contributed by atoms with van der Waals surface area (Å²) in [5, 5.41) is 0. The van der Waals surface area contributed by atoms with E-state index < -0.39 is 0 Å². The van der Waals surface area contributed by atoms with Crippen molar-refractivity contribution in [3.8, 4) is 0 Å². The van der Waals surface area contributed by atoms with Crippen LogP contribution < -0.4 is 5.73 Å². The van der Waals surface area contributed by atoms with Crippen molar-refractivity contribution in [1.82, 2.24) is 4.90 Å². The summed E-state index contributed by atoms with van der Waals surface area (Å²) in [7, 11) is 0. The topological polar surface area (TPSA) is 29.3 Å². The molecule has 1 aromatic rings. The highest BCUT2D eigenvalue weighted by Crippen LogP contribution is 2.16. The Hall–Kier alpha value is -0.930. The van der Waals surface area contributed by atoms with Gasteiger partial charge in [0.1, 0.15) is 5.82 Å². The summed E-state index contributed by atoms with van der Waals surface area (Å²) in [6, 6.07) is 7.79. The third-order valence-corrected chi connectivity index (χ3v) is 3.67. The SMILES string of the molecule is CC(Cc1ccccc1F)N1CCC(N)CC1. The van der Waals surface area contributed by atoms with Gasteiger partial charge < -0.3 is 10.6 Å². The van der Waals surface area contributed by atoms with Crippen LogP contribution in [0.25, 0.3) is 0 Å². The minimum absolute atomic E-state index is 0.0898. The maximum absolute atomic E-state index is 13.5. The fraction of sp³-hybridized carbons (Fsp3) is 0.571. The lowest BCUT2D eigenvalue weighted by atomic mass is 10.0. The lowest BCUT2D eigenvalue weighted by Gasteiger charge is -2.35. The van der Waals surface area contributed by atoms with Crippen LogP contribution in [0.2, 0.25) is 0 Å². The van der Waals surface area contributed by atoms with E-state index in [-0.39, 0.29) is 5.82 Å². The van der Waals surface area contributed by atoms with Crippen LogP contribution in [0, 0.1) is 5.82 Å². The van der Waals surface area contributed by atoms with Crippen LogP contribution in [0.5, 0.6) is 0 Å². The first kappa shape index (κ1) is 12.5. The van der Waals surface area contributed by atoms with Gasteiger partial charge in [-0.25, -0.2) is 4.39 Å². The van der Waals surface area contributed by atoms with E-state index in [4.69, 9.17) is 5.73 Å². The predicted molar refractivity (Wildman–Crippen MR) is 68.3 cm³/mol. The molecule has 1 atom stereocenters. The standard InChI is InChI=1S/C14H21FN2/c1-11(17-8-6-13(16)7-9-17)10-12-4-2-3-5-14(12)15/h2-5,11,13H,6-10,16H2,1H3. The van der Waals surface area contributed by atoms with Crippen molar-refractivity contribution in [3.63, 3.8) is 0 Å². The maximum atomic E-state index is 13.5. The van der Waals surface area contributed by atoms with E-state index >= 15 is 0 Å². The van der Waals surface area contributed by atoms with Gasteiger partial charge >= 0.3 is 0 Å². The van der Waals surface area contributed by atoms with Crippen molar-refractivity contribution in [3.05, 3.63) is 35.6 Å². The quantitative estimate of drug-likeness (QED) is 0.871. The van der Waals surface area contributed by atoms with E-state index in [0.29, 0.717) is 12.1 Å². The fourth-order valence-corrected chi connectivity index (χ4v) is 2.47. The second-order valence-electron chi connectivity index (χ2n) is 5.02. The minimum atomic E-state index is -0.0898. The first-order chi connectivity index (χ1) is 8.16. The van der Waals surface area contributed by atoms with E-state index in [1.165, 1.54) is 6.07 Å². The van der Waals surface area contributed by atoms with Crippen LogP contribution in [0.15, 0.2) is 24.3 Å². The van der Waals surface area contributed by atoms with Crippen molar-refractivity contribution >= 4 is 0 Å². The zero-order valence-electron chi connectivity index (χ0n) is 10.4. The predicted octanol–water partition coefficient (Wildman–Crippen LogP) is 2.18. The molecule has 0 spiro atoms. The molecular weight excluding hydrogens is 215 g/mol. The number of halogens is 1. The third kappa shape index (κ3) is 3.27. The monoisotopic (exact) mass is 236 g/mol. The smallest absolute Gasteiger partial charge is 0.126 e. The number of rotatable bonds is 3. The van der Waals surface area contributed by atoms with E-state index in [0.717, 1.165) is 37.9 Å². The molecule has 2 nitrogen and oxygen atoms in total. The molecule has 2 N–H and O–H groups in total. The Labute approximate surface area is 103 Å². The summed E-state index contributed by atoms with van der Waals surface area (Å²) in [6.07, 6.45) is 2.89. The molecule has 94 valence electrons. The van der Waals surface area contributed by atoms with Gasteiger partial charge in [-0.3, -0.25) is 0 Å². The van der Waals surface area contributed by atoms with Crippen molar-refractivity contribution in [2.24, 2.45) is 5.73 Å². The van der Waals surface area contributed by atoms with Crippen LogP contribution in [0.1, 0.15) is 25.3 Å². The Bertz CT molecular complexity index is 359. The van der Waals surface area contributed by atoms with Gasteiger partial charge in [0.2, 0.25) is 0 Å². The van der Waals surface area contributed by atoms with Gasteiger partial charge in [0.15, 0.2) is 0 Å². The number of hydrogen-bond acceptors (Lipinski definition) is 2. The summed E-state index contributed by atoms with van der Waals surface area (Å²) < 4.78 is 13.5. The molecule has 1 fully saturated rings. The molecule has 1 aliphatic heterocycles. The van der Waals surface area contributed by atoms with Gasteiger partial charge in [0.25, 0.3) is 0 Å². The van der Waals surface area contributed by atoms with Gasteiger partial charge in [0.05, 0.1) is 0 Å². The molecule has 1 aromatic carbocycles. The molecule has 1 unspecified atom stereocenters. The van der Waals surface area contributed by atoms with E-state index in [9.17, 15) is 4.39 Å². The average Bonchev–Trinajstić information content (AvgIpc) is 2.33. The van der Waals surface area contributed by atoms with Crippen molar-refractivity contribution in [2.75, 3.05) is 13.1 Å². The average molecular weight is 236 g/mol. The van der Waals surface area contributed by atoms with Gasteiger partial charge in [-0.2, -0.15) is 0 Å². The van der Waals surface area contributed by atoms with Crippen LogP contribution in [0.3, 0.4) is 0 Å². The van der Waals surface area contributed by atoms with Crippen LogP contribution in [-0.4, -0.2) is 30.1 Å². The molecule has 3 heteroatoms. The number of piperidine rings is 1. The summed E-state index contributed by atoms with van der Waals surface area (Å²) >= 11 is 0. The second kappa shape index (κ2) is 5.61. The number of nitrogens with zero attached hydrogens (tertiary/aromatic N) is 1. The Morgan fingerprint density at radius 1 is 1.35 bits per heavy atom. The molecule has 1 saturated heterocycles. The number of hydrogen-bond donors (Lipinski definition) is 1. The van der Waals surface area contributed by atoms with Crippen LogP contribution >= 0.6 is 0 Å². The molecule has 1 heterocycles. The summed E-state index contributed by atoms with van der Waals surface area (Å²) in [6.45, 7) is 4.25. The summed E-state index contributed by atoms with van der Waals surface area (Å²) in [5.41, 5.74) is 6.70. The Morgan fingerprint density at radius 3 is 2.65 bits per heavy atom. The highest BCUT2D eigenvalue weighted by Gasteiger charge is 2.21. The molecule has 1 aliphatic rings. The molecule has 0 saturated carbocycles. The molecule has 0 radical (unpaired) electrons. The van der Waals surface area contributed by atoms with Crippen LogP contribution in [0.4, 0.5) is 4.39 Å². The Morgan fingerprint density at radius 2 is 2.00 bits per heavy atom. The van der Waals surface area contributed by atoms with Crippen LogP contribution in [-0.2, 0) is 6.42 Å². The Balaban J connectivity index is 1.93. The maximum Gasteiger partial charge on any atom is 0.126 e. The van der Waals surface area contributed by atoms with Gasteiger partial charge in [-0.05, 0) is 50.9 Å². The normalized spacial score (nSPS) is 20.4. The van der Waals surface area contributed by atoms with E-state index in [1.807, 2.05) is 12.1 Å². The number of benzene rings is 1. The van der Waals surface area contributed by atoms with Gasteiger partial charge in [-0.15, -0.1) is 0 Å². The highest BCUT2D eigenvalue weighted by atomic mass is 19.1. The van der Waals surface area contributed by atoms with Crippen molar-refractivity contribution < 1.29 is 4.39 Å². The lowest BCUT2D eigenvalue weighted by Crippen LogP contribution is -2.44. The molecule has 17 heavy (non-hydrogen) atoms. The Kier molecular flexibility index (Phi) is 4.13. The molecule has 2 rings (SSSR count).